The molecule has 3 N–H and O–H groups in total. The number of nitrogens with two attached hydrogens (primary N) is 1. The number of allylic oxidation sites excluding steroid dienone is 1. The van der Waals surface area contributed by atoms with E-state index in [2.05, 4.69) is 5.32 Å². The second-order valence-electron chi connectivity index (χ2n) is 5.20. The van der Waals surface area contributed by atoms with Crippen molar-refractivity contribution in [3.63, 3.8) is 0 Å². The Hall–Kier alpha value is -3.08. The van der Waals surface area contributed by atoms with Crippen LogP contribution >= 0.6 is 0 Å². The summed E-state index contributed by atoms with van der Waals surface area (Å²) in [5.74, 6) is 0.198. The van der Waals surface area contributed by atoms with Crippen LogP contribution in [-0.4, -0.2) is 11.8 Å². The molecule has 0 aromatic heterocycles. The quantitative estimate of drug-likeness (QED) is 0.829. The van der Waals surface area contributed by atoms with E-state index >= 15 is 0 Å². The van der Waals surface area contributed by atoms with E-state index in [4.69, 9.17) is 10.5 Å². The zero-order valence-electron chi connectivity index (χ0n) is 13.0. The molecule has 0 bridgehead atoms. The second-order valence-corrected chi connectivity index (χ2v) is 5.20. The first-order valence-electron chi connectivity index (χ1n) is 7.08. The number of primary amides is 1. The molecule has 5 nitrogen and oxygen atoms in total. The van der Waals surface area contributed by atoms with E-state index in [-0.39, 0.29) is 5.91 Å². The average molecular weight is 310 g/mol. The molecule has 5 heteroatoms. The Morgan fingerprint density at radius 1 is 1.04 bits per heavy atom. The van der Waals surface area contributed by atoms with Gasteiger partial charge in [-0.15, -0.1) is 0 Å². The molecule has 0 aliphatic carbocycles. The predicted octanol–water partition coefficient (Wildman–Crippen LogP) is 3.48. The smallest absolute Gasteiger partial charge is 0.252 e. The maximum Gasteiger partial charge on any atom is 0.252 e. The Labute approximate surface area is 134 Å². The number of ether oxygens (including phenoxy) is 1. The number of hydrogen-bond donors (Lipinski definition) is 2. The van der Waals surface area contributed by atoms with Crippen molar-refractivity contribution in [1.29, 1.82) is 0 Å². The number of carbonyl (C=O) groups is 2. The van der Waals surface area contributed by atoms with Crippen LogP contribution in [0.2, 0.25) is 0 Å². The first-order chi connectivity index (χ1) is 11.0. The van der Waals surface area contributed by atoms with Crippen LogP contribution in [0.15, 0.2) is 60.2 Å². The molecule has 0 aliphatic rings. The van der Waals surface area contributed by atoms with Crippen LogP contribution in [0.3, 0.4) is 0 Å². The number of para-hydroxylation sites is 1. The lowest BCUT2D eigenvalue weighted by Crippen LogP contribution is -2.12. The van der Waals surface area contributed by atoms with Gasteiger partial charge in [-0.1, -0.05) is 17.7 Å². The number of rotatable bonds is 5. The molecule has 0 atom stereocenters. The highest BCUT2D eigenvalue weighted by Crippen LogP contribution is 2.26. The van der Waals surface area contributed by atoms with Crippen molar-refractivity contribution in [2.45, 2.75) is 13.8 Å². The van der Waals surface area contributed by atoms with Crippen LogP contribution in [0.5, 0.6) is 11.5 Å². The van der Waals surface area contributed by atoms with Gasteiger partial charge in [-0.3, -0.25) is 9.59 Å². The van der Waals surface area contributed by atoms with Gasteiger partial charge in [-0.2, -0.15) is 0 Å². The first kappa shape index (κ1) is 16.3. The number of amides is 2. The van der Waals surface area contributed by atoms with Gasteiger partial charge in [-0.05, 0) is 50.2 Å². The summed E-state index contributed by atoms with van der Waals surface area (Å²) in [6.45, 7) is 3.71. The zero-order chi connectivity index (χ0) is 16.8. The van der Waals surface area contributed by atoms with Crippen molar-refractivity contribution in [3.8, 4) is 11.5 Å². The Morgan fingerprint density at radius 2 is 1.70 bits per heavy atom. The van der Waals surface area contributed by atoms with E-state index in [1.807, 2.05) is 13.8 Å². The van der Waals surface area contributed by atoms with Crippen molar-refractivity contribution >= 4 is 17.5 Å². The number of carbonyl (C=O) groups excluding carboxylic acids is 2. The normalized spacial score (nSPS) is 9.83. The third-order valence-corrected chi connectivity index (χ3v) is 2.92. The fourth-order valence-electron chi connectivity index (χ4n) is 1.93. The fraction of sp³-hybridized carbons (Fsp3) is 0.111. The van der Waals surface area contributed by atoms with Gasteiger partial charge >= 0.3 is 0 Å². The summed E-state index contributed by atoms with van der Waals surface area (Å²) in [6, 6.07) is 13.6. The van der Waals surface area contributed by atoms with Gasteiger partial charge in [-0.25, -0.2) is 0 Å². The summed E-state index contributed by atoms with van der Waals surface area (Å²) in [5.41, 5.74) is 7.21. The lowest BCUT2D eigenvalue weighted by atomic mass is 10.2. The molecular formula is C18H18N2O3. The monoisotopic (exact) mass is 310 g/mol. The topological polar surface area (TPSA) is 81.4 Å². The van der Waals surface area contributed by atoms with E-state index in [0.29, 0.717) is 22.7 Å². The van der Waals surface area contributed by atoms with E-state index in [1.54, 1.807) is 48.5 Å². The summed E-state index contributed by atoms with van der Waals surface area (Å²) >= 11 is 0. The second kappa shape index (κ2) is 7.26. The van der Waals surface area contributed by atoms with Crippen LogP contribution in [0, 0.1) is 0 Å². The van der Waals surface area contributed by atoms with Gasteiger partial charge in [0, 0.05) is 11.8 Å². The Kier molecular flexibility index (Phi) is 5.15. The molecule has 23 heavy (non-hydrogen) atoms. The summed E-state index contributed by atoms with van der Waals surface area (Å²) in [4.78, 5) is 23.0. The highest BCUT2D eigenvalue weighted by molar-refractivity contribution is 5.99. The maximum atomic E-state index is 11.6. The van der Waals surface area contributed by atoms with Crippen LogP contribution in [0.4, 0.5) is 5.69 Å². The average Bonchev–Trinajstić information content (AvgIpc) is 2.48. The van der Waals surface area contributed by atoms with Gasteiger partial charge in [0.2, 0.25) is 5.91 Å². The van der Waals surface area contributed by atoms with Crippen LogP contribution in [0.1, 0.15) is 24.2 Å². The van der Waals surface area contributed by atoms with E-state index in [1.165, 1.54) is 6.08 Å². The van der Waals surface area contributed by atoms with Crippen molar-refractivity contribution < 1.29 is 14.3 Å². The zero-order valence-corrected chi connectivity index (χ0v) is 13.0. The van der Waals surface area contributed by atoms with Gasteiger partial charge in [0.25, 0.3) is 5.91 Å². The third-order valence-electron chi connectivity index (χ3n) is 2.92. The number of hydrogen-bond acceptors (Lipinski definition) is 3. The Morgan fingerprint density at radius 3 is 2.30 bits per heavy atom. The molecule has 118 valence electrons. The minimum Gasteiger partial charge on any atom is -0.457 e. The molecule has 0 unspecified atom stereocenters. The van der Waals surface area contributed by atoms with E-state index in [0.717, 1.165) is 5.57 Å². The lowest BCUT2D eigenvalue weighted by Gasteiger charge is -2.10. The van der Waals surface area contributed by atoms with Crippen molar-refractivity contribution in [2.24, 2.45) is 5.73 Å². The molecule has 0 radical (unpaired) electrons. The van der Waals surface area contributed by atoms with Crippen LogP contribution in [-0.2, 0) is 4.79 Å². The predicted molar refractivity (Wildman–Crippen MR) is 89.5 cm³/mol. The fourth-order valence-corrected chi connectivity index (χ4v) is 1.93. The summed E-state index contributed by atoms with van der Waals surface area (Å²) < 4.78 is 5.67. The molecule has 0 aliphatic heterocycles. The molecule has 0 saturated heterocycles. The van der Waals surface area contributed by atoms with Gasteiger partial charge in [0.05, 0.1) is 5.56 Å². The van der Waals surface area contributed by atoms with Crippen molar-refractivity contribution in [3.05, 3.63) is 65.7 Å². The summed E-state index contributed by atoms with van der Waals surface area (Å²) in [6.07, 6.45) is 1.52. The Balaban J connectivity index is 2.10. The maximum absolute atomic E-state index is 11.6. The minimum absolute atomic E-state index is 0.183. The molecule has 0 spiro atoms. The largest absolute Gasteiger partial charge is 0.457 e. The molecule has 0 heterocycles. The van der Waals surface area contributed by atoms with Gasteiger partial charge in [0.1, 0.15) is 11.5 Å². The molecule has 0 fully saturated rings. The van der Waals surface area contributed by atoms with Crippen LogP contribution < -0.4 is 15.8 Å². The summed E-state index contributed by atoms with van der Waals surface area (Å²) in [5, 5.41) is 2.75. The van der Waals surface area contributed by atoms with E-state index < -0.39 is 5.91 Å². The molecule has 2 aromatic rings. The Bertz CT molecular complexity index is 745. The van der Waals surface area contributed by atoms with Crippen molar-refractivity contribution in [1.82, 2.24) is 0 Å². The van der Waals surface area contributed by atoms with Gasteiger partial charge < -0.3 is 15.8 Å². The molecule has 2 amide bonds. The standard InChI is InChI=1S/C18H18N2O3/c1-12(2)11-17(21)20-13-7-9-14(10-8-13)23-16-6-4-3-5-15(16)18(19)22/h3-11H,1-2H3,(H2,19,22)(H,20,21). The number of anilines is 1. The highest BCUT2D eigenvalue weighted by atomic mass is 16.5. The number of nitrogens with one attached hydrogen (secondary N) is 1. The SMILES string of the molecule is CC(C)=CC(=O)Nc1ccc(Oc2ccccc2C(N)=O)cc1. The molecular weight excluding hydrogens is 292 g/mol. The van der Waals surface area contributed by atoms with Crippen molar-refractivity contribution in [2.75, 3.05) is 5.32 Å². The first-order valence-corrected chi connectivity index (χ1v) is 7.08. The number of benzene rings is 2. The van der Waals surface area contributed by atoms with Crippen LogP contribution in [0.25, 0.3) is 0 Å². The summed E-state index contributed by atoms with van der Waals surface area (Å²) in [7, 11) is 0. The third kappa shape index (κ3) is 4.71. The lowest BCUT2D eigenvalue weighted by molar-refractivity contribution is -0.111. The molecule has 0 saturated carbocycles. The van der Waals surface area contributed by atoms with Gasteiger partial charge in [0.15, 0.2) is 0 Å². The minimum atomic E-state index is -0.550. The van der Waals surface area contributed by atoms with E-state index in [9.17, 15) is 9.59 Å². The highest BCUT2D eigenvalue weighted by Gasteiger charge is 2.09. The molecule has 2 rings (SSSR count). The molecule has 2 aromatic carbocycles.